The molecule has 12 aromatic rings. The average molecular weight is 1860 g/mol. The second-order valence-corrected chi connectivity index (χ2v) is 34.2. The number of piperidine rings is 2. The number of aromatic nitrogens is 10. The second-order valence-electron chi connectivity index (χ2n) is 34.2. The highest BCUT2D eigenvalue weighted by molar-refractivity contribution is 6.27. The first-order valence-electron chi connectivity index (χ1n) is 44.6. The topological polar surface area (TPSA) is 498 Å². The third-order valence-corrected chi connectivity index (χ3v) is 23.2. The van der Waals surface area contributed by atoms with Crippen molar-refractivity contribution in [2.75, 3.05) is 42.0 Å². The Morgan fingerprint density at radius 3 is 1.35 bits per heavy atom. The molecule has 38 nitrogen and oxygen atoms in total. The first-order chi connectivity index (χ1) is 65.7. The number of carboxylic acid groups (broad SMARTS) is 1. The number of nitrogens with one attached hydrogen (secondary N) is 9. The predicted octanol–water partition coefficient (Wildman–Crippen LogP) is 12.2. The minimum atomic E-state index is -1.10. The number of imide groups is 4. The van der Waals surface area contributed by atoms with Gasteiger partial charge in [-0.05, 0) is 158 Å². The molecule has 2 atom stereocenters. The third-order valence-electron chi connectivity index (χ3n) is 23.2. The molecule has 704 valence electrons. The maximum Gasteiger partial charge on any atom is 0.354 e. The molecule has 10 heterocycles. The number of nitrogens with zero attached hydrogens (tertiary/aromatic N) is 12. The van der Waals surface area contributed by atoms with Crippen molar-refractivity contribution < 1.29 is 81.6 Å². The van der Waals surface area contributed by atoms with E-state index in [1.54, 1.807) is 103 Å². The molecular formula is C99H101N21O17. The summed E-state index contributed by atoms with van der Waals surface area (Å²) < 4.78 is 20.1. The first kappa shape index (κ1) is 95.1. The summed E-state index contributed by atoms with van der Waals surface area (Å²) in [7, 11) is 3.14. The summed E-state index contributed by atoms with van der Waals surface area (Å²) in [5.41, 5.74) is 10.5. The van der Waals surface area contributed by atoms with Crippen molar-refractivity contribution >= 4 is 133 Å². The molecule has 10 N–H and O–H groups in total. The van der Waals surface area contributed by atoms with Crippen molar-refractivity contribution in [2.24, 2.45) is 0 Å². The predicted molar refractivity (Wildman–Crippen MR) is 504 cm³/mol. The van der Waals surface area contributed by atoms with Gasteiger partial charge in [0.15, 0.2) is 0 Å². The van der Waals surface area contributed by atoms with Crippen molar-refractivity contribution in [3.05, 3.63) is 239 Å². The summed E-state index contributed by atoms with van der Waals surface area (Å²) in [4.78, 5) is 183. The monoisotopic (exact) mass is 1860 g/mol. The van der Waals surface area contributed by atoms with Crippen LogP contribution in [0.2, 0.25) is 0 Å². The zero-order valence-electron chi connectivity index (χ0n) is 74.9. The Kier molecular flexibility index (Phi) is 29.2. The summed E-state index contributed by atoms with van der Waals surface area (Å²) >= 11 is 0. The van der Waals surface area contributed by atoms with Gasteiger partial charge in [0.25, 0.3) is 41.4 Å². The second kappa shape index (κ2) is 42.1. The van der Waals surface area contributed by atoms with Crippen molar-refractivity contribution in [3.8, 4) is 33.8 Å². The van der Waals surface area contributed by atoms with E-state index in [9.17, 15) is 67.4 Å². The standard InChI is InChI=1S/C46H43N11O7.C26H32N6O6.C26H22N4O4.CH4/c1-64-38-21-36-32(41(51-27-8-3-2-4-9-27)33(24-50-36)42(59)52-28-13-14-28)20-31(38)26-12-15-35(48-22-26)43(60)47-18-5-6-19-56-25-29(54-55-56)23-49-34-11-7-10-30-40(34)46(63)57(45(30)62)37-16-17-39(58)53-44(37)61;1-26(2,3)38-21(34)10-5-4-6-13-31-15-16(29-30-31)14-27-18-9-7-8-17-22(18)25(37)32(24(17)36)19-11-12-20(33)28-23(19)35;1-34-23-12-22-19(11-18(23)15-7-10-21(26(32)33)27-13-15)24(29-16-5-3-2-4-6-16)20(14-28-22)25(31)30-17-8-9-17;/h2-4,7-12,15,20-22,24-25,28,37,49H,5-6,13-14,16-19,23H2,1H3,(H,47,60)(H,50,51)(H,52,59)(H,53,58,61);7-9,15,19,27H,4-6,10-14H2,1-3H3,(H,28,33,35);2-7,10-14,17H,8-9H2,1H3,(H,28,29)(H,30,31)(H,32,33);1H4. The molecule has 0 spiro atoms. The fourth-order valence-electron chi connectivity index (χ4n) is 16.1. The van der Waals surface area contributed by atoms with Gasteiger partial charge in [0, 0.05) is 144 Å². The molecular weight excluding hydrogens is 1760 g/mol. The van der Waals surface area contributed by atoms with Crippen LogP contribution in [0.15, 0.2) is 183 Å². The largest absolute Gasteiger partial charge is 0.496 e. The number of fused-ring (bicyclic) bond motifs is 4. The Morgan fingerprint density at radius 1 is 0.482 bits per heavy atom. The van der Waals surface area contributed by atoms with Crippen LogP contribution in [0.4, 0.5) is 34.1 Å². The molecule has 137 heavy (non-hydrogen) atoms. The molecule has 6 aliphatic rings. The average Bonchev–Trinajstić information content (AvgIpc) is 1.71. The van der Waals surface area contributed by atoms with Crippen molar-refractivity contribution in [1.82, 2.24) is 86.3 Å². The molecule has 0 bridgehead atoms. The number of ether oxygens (including phenoxy) is 3. The fraction of sp³-hybridized carbons (Fsp3) is 0.303. The Balaban J connectivity index is 0.000000167. The number of aromatic carboxylic acids is 1. The highest BCUT2D eigenvalue weighted by Gasteiger charge is 2.48. The minimum absolute atomic E-state index is 0. The quantitative estimate of drug-likeness (QED) is 0.0104. The van der Waals surface area contributed by atoms with Crippen molar-refractivity contribution in [3.63, 3.8) is 0 Å². The number of para-hydroxylation sites is 2. The van der Waals surface area contributed by atoms with Gasteiger partial charge in [-0.2, -0.15) is 0 Å². The SMILES string of the molecule is C.CC(C)(C)OC(=O)CCCCCn1cc(CNc2cccc3c2C(=O)N(C2CCC(=O)NC2=O)C3=O)nn1.COc1cc2ncc(C(=O)NC3CC3)c(Nc3ccccc3)c2cc1-c1ccc(C(=O)NCCCCn2cc(CNc3cccc4c3C(=O)N(C3CCC(=O)NC3=O)C4=O)nn2)nc1.COc1cc2ncc(C(=O)NC3CC3)c(Nc3ccccc3)c2cc1-c1ccc(C(=O)O)nc1. The van der Waals surface area contributed by atoms with Crippen LogP contribution in [0, 0.1) is 0 Å². The van der Waals surface area contributed by atoms with E-state index in [0.29, 0.717) is 129 Å². The molecule has 38 heteroatoms. The molecule has 2 saturated carbocycles. The van der Waals surface area contributed by atoms with E-state index in [0.717, 1.165) is 76.9 Å². The lowest BCUT2D eigenvalue weighted by Gasteiger charge is -2.27. The van der Waals surface area contributed by atoms with Crippen LogP contribution in [0.3, 0.4) is 0 Å². The van der Waals surface area contributed by atoms with Crippen molar-refractivity contribution in [2.45, 2.75) is 174 Å². The number of anilines is 6. The van der Waals surface area contributed by atoms with E-state index in [2.05, 4.69) is 88.4 Å². The van der Waals surface area contributed by atoms with Crippen LogP contribution in [0.1, 0.15) is 213 Å². The van der Waals surface area contributed by atoms with Gasteiger partial charge < -0.3 is 56.5 Å². The lowest BCUT2D eigenvalue weighted by Crippen LogP contribution is -2.54. The lowest BCUT2D eigenvalue weighted by atomic mass is 10.00. The van der Waals surface area contributed by atoms with Gasteiger partial charge in [-0.25, -0.2) is 9.78 Å². The van der Waals surface area contributed by atoms with Crippen LogP contribution in [-0.2, 0) is 54.9 Å². The van der Waals surface area contributed by atoms with Gasteiger partial charge in [0.05, 0.1) is 95.5 Å². The number of carbonyl (C=O) groups is 13. The van der Waals surface area contributed by atoms with E-state index in [-0.39, 0.29) is 116 Å². The van der Waals surface area contributed by atoms with Gasteiger partial charge in [-0.1, -0.05) is 84.9 Å². The number of methoxy groups -OCH3 is 2. The number of esters is 1. The summed E-state index contributed by atoms with van der Waals surface area (Å²) in [5.74, 6) is -5.33. The van der Waals surface area contributed by atoms with Crippen LogP contribution < -0.4 is 57.3 Å². The molecule has 4 aliphatic heterocycles. The molecule has 6 aromatic carbocycles. The molecule has 2 unspecified atom stereocenters. The normalized spacial score (nSPS) is 15.4. The number of carboxylic acids is 1. The molecule has 11 amide bonds. The molecule has 0 radical (unpaired) electrons. The van der Waals surface area contributed by atoms with E-state index in [1.807, 2.05) is 106 Å². The smallest absolute Gasteiger partial charge is 0.354 e. The number of pyridine rings is 4. The summed E-state index contributed by atoms with van der Waals surface area (Å²) in [6, 6.07) is 41.3. The van der Waals surface area contributed by atoms with Crippen LogP contribution >= 0.6 is 0 Å². The maximum absolute atomic E-state index is 13.4. The van der Waals surface area contributed by atoms with Crippen molar-refractivity contribution in [1.29, 1.82) is 0 Å². The van der Waals surface area contributed by atoms with Crippen LogP contribution in [0.25, 0.3) is 44.1 Å². The van der Waals surface area contributed by atoms with E-state index in [1.165, 1.54) is 18.3 Å². The Labute approximate surface area is 785 Å². The summed E-state index contributed by atoms with van der Waals surface area (Å²) in [5, 5.41) is 53.9. The molecule has 4 fully saturated rings. The van der Waals surface area contributed by atoms with Gasteiger partial charge in [0.2, 0.25) is 23.6 Å². The highest BCUT2D eigenvalue weighted by atomic mass is 16.6. The number of rotatable bonds is 33. The molecule has 6 aromatic heterocycles. The Bertz CT molecular complexity index is 6680. The van der Waals surface area contributed by atoms with Gasteiger partial charge >= 0.3 is 11.9 Å². The maximum atomic E-state index is 13.4. The Hall–Kier alpha value is -16.6. The van der Waals surface area contributed by atoms with Crippen LogP contribution in [0.5, 0.6) is 11.5 Å². The summed E-state index contributed by atoms with van der Waals surface area (Å²) in [6.45, 7) is 7.64. The molecule has 18 rings (SSSR count). The van der Waals surface area contributed by atoms with E-state index >= 15 is 0 Å². The van der Waals surface area contributed by atoms with Gasteiger partial charge in [0.1, 0.15) is 52.0 Å². The zero-order chi connectivity index (χ0) is 95.4. The third kappa shape index (κ3) is 22.5. The molecule has 2 aliphatic carbocycles. The minimum Gasteiger partial charge on any atom is -0.496 e. The lowest BCUT2D eigenvalue weighted by molar-refractivity contribution is -0.155. The number of unbranched alkanes of at least 4 members (excludes halogenated alkanes) is 3. The van der Waals surface area contributed by atoms with E-state index in [4.69, 9.17) is 14.2 Å². The number of hydrogen-bond acceptors (Lipinski definition) is 28. The van der Waals surface area contributed by atoms with Crippen LogP contribution in [-0.4, -0.2) is 192 Å². The number of aryl methyl sites for hydroxylation is 2. The first-order valence-corrected chi connectivity index (χ1v) is 44.6. The number of amides is 11. The number of hydrogen-bond donors (Lipinski definition) is 10. The number of carbonyl (C=O) groups excluding carboxylic acids is 12. The van der Waals surface area contributed by atoms with E-state index < -0.39 is 70.9 Å². The fourth-order valence-corrected chi connectivity index (χ4v) is 16.1. The molecule has 2 saturated heterocycles. The zero-order valence-corrected chi connectivity index (χ0v) is 74.9. The highest BCUT2D eigenvalue weighted by Crippen LogP contribution is 2.43. The summed E-state index contributed by atoms with van der Waals surface area (Å²) in [6.07, 6.45) is 18.2. The van der Waals surface area contributed by atoms with Gasteiger partial charge in [-0.15, -0.1) is 10.2 Å². The Morgan fingerprint density at radius 2 is 0.934 bits per heavy atom. The van der Waals surface area contributed by atoms with Gasteiger partial charge in [-0.3, -0.25) is 102 Å². The number of benzene rings is 6.